The van der Waals surface area contributed by atoms with E-state index in [4.69, 9.17) is 0 Å². The van der Waals surface area contributed by atoms with Crippen LogP contribution >= 0.6 is 0 Å². The van der Waals surface area contributed by atoms with E-state index in [9.17, 15) is 22.4 Å². The molecule has 1 N–H and O–H groups in total. The van der Waals surface area contributed by atoms with Crippen LogP contribution < -0.4 is 10.2 Å². The molecule has 0 amide bonds. The average molecular weight is 225 g/mol. The molecule has 1 heterocycles. The third-order valence-electron chi connectivity index (χ3n) is 1.68. The lowest BCUT2D eigenvalue weighted by Crippen LogP contribution is -2.22. The van der Waals surface area contributed by atoms with E-state index < -0.39 is 29.9 Å². The Morgan fingerprint density at radius 3 is 2.53 bits per heavy atom. The van der Waals surface area contributed by atoms with Gasteiger partial charge in [-0.2, -0.15) is 0 Å². The molecule has 1 rings (SSSR count). The first kappa shape index (κ1) is 11.5. The second-order valence-corrected chi connectivity index (χ2v) is 2.79. The van der Waals surface area contributed by atoms with Gasteiger partial charge in [0.05, 0.1) is 5.56 Å². The number of halogens is 4. The topological polar surface area (TPSA) is 42.1 Å². The Labute approximate surface area is 81.7 Å². The summed E-state index contributed by atoms with van der Waals surface area (Å²) in [7, 11) is 0. The predicted molar refractivity (Wildman–Crippen MR) is 43.3 cm³/mol. The molecule has 0 bridgehead atoms. The van der Waals surface area contributed by atoms with E-state index in [1.165, 1.54) is 6.92 Å². The molecule has 0 saturated carbocycles. The first-order valence-corrected chi connectivity index (χ1v) is 3.88. The molecule has 0 atom stereocenters. The van der Waals surface area contributed by atoms with Crippen molar-refractivity contribution >= 4 is 0 Å². The van der Waals surface area contributed by atoms with Crippen LogP contribution in [0.5, 0.6) is 5.88 Å². The van der Waals surface area contributed by atoms with Gasteiger partial charge in [-0.1, -0.05) is 0 Å². The molecule has 7 heteroatoms. The summed E-state index contributed by atoms with van der Waals surface area (Å²) in [6, 6.07) is 0. The summed E-state index contributed by atoms with van der Waals surface area (Å²) < 4.78 is 51.3. The largest absolute Gasteiger partial charge is 0.574 e. The van der Waals surface area contributed by atoms with Crippen LogP contribution in [0.2, 0.25) is 0 Å². The lowest BCUT2D eigenvalue weighted by molar-refractivity contribution is -0.276. The van der Waals surface area contributed by atoms with Gasteiger partial charge in [0.2, 0.25) is 5.88 Å². The molecule has 1 aromatic heterocycles. The number of aromatic nitrogens is 1. The van der Waals surface area contributed by atoms with Crippen LogP contribution in [0.4, 0.5) is 17.6 Å². The number of aromatic amines is 1. The molecule has 84 valence electrons. The van der Waals surface area contributed by atoms with Crippen LogP contribution in [-0.4, -0.2) is 11.3 Å². The van der Waals surface area contributed by atoms with Gasteiger partial charge in [-0.15, -0.1) is 13.2 Å². The van der Waals surface area contributed by atoms with Crippen molar-refractivity contribution < 1.29 is 22.3 Å². The highest BCUT2D eigenvalue weighted by molar-refractivity contribution is 5.29. The molecule has 0 unspecified atom stereocenters. The predicted octanol–water partition coefficient (Wildman–Crippen LogP) is 2.05. The zero-order valence-electron chi connectivity index (χ0n) is 7.61. The Balaban J connectivity index is 3.20. The van der Waals surface area contributed by atoms with E-state index in [1.807, 2.05) is 0 Å². The number of alkyl halides is 4. The van der Waals surface area contributed by atoms with Gasteiger partial charge < -0.3 is 9.72 Å². The van der Waals surface area contributed by atoms with Gasteiger partial charge in [0.1, 0.15) is 6.67 Å². The van der Waals surface area contributed by atoms with Crippen LogP contribution in [0.1, 0.15) is 11.1 Å². The van der Waals surface area contributed by atoms with E-state index >= 15 is 0 Å². The highest BCUT2D eigenvalue weighted by Crippen LogP contribution is 2.23. The first-order valence-electron chi connectivity index (χ1n) is 3.88. The van der Waals surface area contributed by atoms with Crippen LogP contribution in [0.15, 0.2) is 11.0 Å². The Kier molecular flexibility index (Phi) is 3.01. The van der Waals surface area contributed by atoms with Gasteiger partial charge >= 0.3 is 6.36 Å². The molecule has 0 aromatic carbocycles. The average Bonchev–Trinajstić information content (AvgIpc) is 2.10. The van der Waals surface area contributed by atoms with Crippen molar-refractivity contribution in [2.75, 3.05) is 0 Å². The molecular formula is C8H7F4NO2. The Bertz CT molecular complexity index is 410. The normalized spacial score (nSPS) is 11.5. The van der Waals surface area contributed by atoms with E-state index in [0.717, 1.165) is 6.20 Å². The number of pyridine rings is 1. The quantitative estimate of drug-likeness (QED) is 0.782. The lowest BCUT2D eigenvalue weighted by atomic mass is 10.2. The van der Waals surface area contributed by atoms with Crippen LogP contribution in [0.25, 0.3) is 0 Å². The summed E-state index contributed by atoms with van der Waals surface area (Å²) in [5.41, 5.74) is -1.33. The second-order valence-electron chi connectivity index (χ2n) is 2.79. The molecular weight excluding hydrogens is 218 g/mol. The molecule has 0 aliphatic rings. The van der Waals surface area contributed by atoms with E-state index in [-0.39, 0.29) is 5.56 Å². The van der Waals surface area contributed by atoms with Crippen molar-refractivity contribution in [2.24, 2.45) is 0 Å². The van der Waals surface area contributed by atoms with Gasteiger partial charge in [-0.25, -0.2) is 4.39 Å². The van der Waals surface area contributed by atoms with Crippen molar-refractivity contribution in [2.45, 2.75) is 20.0 Å². The van der Waals surface area contributed by atoms with Crippen LogP contribution in [0, 0.1) is 6.92 Å². The number of ether oxygens (including phenoxy) is 1. The Morgan fingerprint density at radius 1 is 1.47 bits per heavy atom. The molecule has 0 aliphatic carbocycles. The van der Waals surface area contributed by atoms with Gasteiger partial charge in [0.15, 0.2) is 5.43 Å². The van der Waals surface area contributed by atoms with Gasteiger partial charge in [0.25, 0.3) is 0 Å². The number of aryl methyl sites for hydroxylation is 1. The van der Waals surface area contributed by atoms with Crippen molar-refractivity contribution in [3.05, 3.63) is 27.5 Å². The summed E-state index contributed by atoms with van der Waals surface area (Å²) in [5, 5.41) is 0. The Hall–Kier alpha value is -1.53. The highest BCUT2D eigenvalue weighted by Gasteiger charge is 2.33. The van der Waals surface area contributed by atoms with Gasteiger partial charge in [-0.3, -0.25) is 4.79 Å². The molecule has 15 heavy (non-hydrogen) atoms. The fourth-order valence-corrected chi connectivity index (χ4v) is 0.996. The van der Waals surface area contributed by atoms with E-state index in [2.05, 4.69) is 9.72 Å². The number of rotatable bonds is 2. The number of nitrogens with one attached hydrogen (secondary N) is 1. The minimum Gasteiger partial charge on any atom is -0.389 e. The zero-order chi connectivity index (χ0) is 11.6. The maximum Gasteiger partial charge on any atom is 0.574 e. The fourth-order valence-electron chi connectivity index (χ4n) is 0.996. The molecule has 0 aliphatic heterocycles. The van der Waals surface area contributed by atoms with Crippen molar-refractivity contribution in [3.63, 3.8) is 0 Å². The van der Waals surface area contributed by atoms with Gasteiger partial charge in [-0.05, 0) is 6.92 Å². The van der Waals surface area contributed by atoms with Crippen LogP contribution in [-0.2, 0) is 6.67 Å². The maximum atomic E-state index is 12.3. The van der Waals surface area contributed by atoms with E-state index in [1.54, 1.807) is 0 Å². The molecule has 0 saturated heterocycles. The number of hydrogen-bond acceptors (Lipinski definition) is 2. The third kappa shape index (κ3) is 2.71. The molecule has 0 spiro atoms. The summed E-state index contributed by atoms with van der Waals surface area (Å²) in [4.78, 5) is 13.3. The molecule has 0 radical (unpaired) electrons. The second kappa shape index (κ2) is 3.92. The lowest BCUT2D eigenvalue weighted by Gasteiger charge is -2.11. The number of H-pyrrole nitrogens is 1. The molecule has 0 fully saturated rings. The van der Waals surface area contributed by atoms with Crippen molar-refractivity contribution in [3.8, 4) is 5.88 Å². The summed E-state index contributed by atoms with van der Waals surface area (Å²) in [6.07, 6.45) is -3.93. The minimum atomic E-state index is -4.96. The Morgan fingerprint density at radius 2 is 2.07 bits per heavy atom. The smallest absolute Gasteiger partial charge is 0.389 e. The molecule has 1 aromatic rings. The van der Waals surface area contributed by atoms with Crippen molar-refractivity contribution in [1.82, 2.24) is 4.98 Å². The summed E-state index contributed by atoms with van der Waals surface area (Å²) in [6.45, 7) is 0.0395. The first-order chi connectivity index (χ1) is 6.85. The zero-order valence-corrected chi connectivity index (χ0v) is 7.61. The monoisotopic (exact) mass is 225 g/mol. The standard InChI is InChI=1S/C8H7F4NO2/c1-4-3-13-7(15-8(10,11)12)5(2-9)6(4)14/h3H,2H2,1H3,(H,13,14). The fraction of sp³-hybridized carbons (Fsp3) is 0.375. The maximum absolute atomic E-state index is 12.3. The highest BCUT2D eigenvalue weighted by atomic mass is 19.4. The summed E-state index contributed by atoms with van der Waals surface area (Å²) in [5.74, 6) is -0.902. The van der Waals surface area contributed by atoms with Crippen LogP contribution in [0.3, 0.4) is 0 Å². The number of hydrogen-bond donors (Lipinski definition) is 1. The van der Waals surface area contributed by atoms with Crippen molar-refractivity contribution in [1.29, 1.82) is 0 Å². The third-order valence-corrected chi connectivity index (χ3v) is 1.68. The molecule has 3 nitrogen and oxygen atoms in total. The minimum absolute atomic E-state index is 0.122. The van der Waals surface area contributed by atoms with Gasteiger partial charge in [0, 0.05) is 11.8 Å². The SMILES string of the molecule is Cc1c[nH]c(OC(F)(F)F)c(CF)c1=O. The summed E-state index contributed by atoms with van der Waals surface area (Å²) >= 11 is 0. The van der Waals surface area contributed by atoms with E-state index in [0.29, 0.717) is 0 Å².